The maximum Gasteiger partial charge on any atom is 0.187 e. The van der Waals surface area contributed by atoms with Gasteiger partial charge in [-0.2, -0.15) is 0 Å². The third-order valence-electron chi connectivity index (χ3n) is 2.45. The molecule has 0 radical (unpaired) electrons. The minimum Gasteiger partial charge on any atom is -0.476 e. The first-order chi connectivity index (χ1) is 9.35. The molecule has 4 nitrogen and oxygen atoms in total. The highest BCUT2D eigenvalue weighted by Crippen LogP contribution is 2.10. The maximum atomic E-state index is 5.67. The quantitative estimate of drug-likeness (QED) is 0.274. The molecule has 0 aliphatic heterocycles. The van der Waals surface area contributed by atoms with Crippen molar-refractivity contribution in [3.63, 3.8) is 0 Å². The van der Waals surface area contributed by atoms with Crippen LogP contribution in [0.3, 0.4) is 0 Å². The second-order valence-corrected chi connectivity index (χ2v) is 4.40. The van der Waals surface area contributed by atoms with Crippen LogP contribution < -0.4 is 0 Å². The zero-order valence-corrected chi connectivity index (χ0v) is 12.7. The molecule has 0 aliphatic rings. The molecule has 0 unspecified atom stereocenters. The summed E-state index contributed by atoms with van der Waals surface area (Å²) >= 11 is 0. The third-order valence-corrected chi connectivity index (χ3v) is 2.45. The molecule has 19 heavy (non-hydrogen) atoms. The summed E-state index contributed by atoms with van der Waals surface area (Å²) in [4.78, 5) is 0. The van der Waals surface area contributed by atoms with Gasteiger partial charge >= 0.3 is 0 Å². The topological polar surface area (TPSA) is 36.9 Å². The molecule has 4 heteroatoms. The van der Waals surface area contributed by atoms with E-state index in [9.17, 15) is 0 Å². The van der Waals surface area contributed by atoms with Crippen molar-refractivity contribution < 1.29 is 18.9 Å². The van der Waals surface area contributed by atoms with Gasteiger partial charge in [-0.1, -0.05) is 13.8 Å². The Morgan fingerprint density at radius 3 is 2.26 bits per heavy atom. The molecule has 0 bridgehead atoms. The minimum atomic E-state index is -0.0337. The highest BCUT2D eigenvalue weighted by atomic mass is 16.7. The molecule has 0 N–H and O–H groups in total. The fraction of sp³-hybridized carbons (Fsp3) is 0.867. The van der Waals surface area contributed by atoms with Crippen LogP contribution in [0.2, 0.25) is 0 Å². The van der Waals surface area contributed by atoms with Crippen molar-refractivity contribution >= 4 is 0 Å². The molecule has 0 heterocycles. The van der Waals surface area contributed by atoms with Gasteiger partial charge < -0.3 is 18.9 Å². The molecule has 0 amide bonds. The van der Waals surface area contributed by atoms with Crippen molar-refractivity contribution in [2.75, 3.05) is 27.1 Å². The van der Waals surface area contributed by atoms with Crippen molar-refractivity contribution in [1.82, 2.24) is 0 Å². The van der Waals surface area contributed by atoms with Crippen LogP contribution >= 0.6 is 0 Å². The molecule has 0 aliphatic carbocycles. The second kappa shape index (κ2) is 15.5. The average molecular weight is 274 g/mol. The van der Waals surface area contributed by atoms with E-state index in [2.05, 4.69) is 13.8 Å². The van der Waals surface area contributed by atoms with E-state index in [1.54, 1.807) is 13.4 Å². The minimum absolute atomic E-state index is 0.0337. The number of rotatable bonds is 14. The molecular formula is C15H30O4. The molecule has 0 atom stereocenters. The standard InChI is InChI=1S/C15H30O4/c1-4-11-18-15(19-12-5-2)10-8-6-7-9-13-17-14-16-3/h9,13,15H,4-8,10-12,14H2,1-3H3. The third kappa shape index (κ3) is 13.6. The van der Waals surface area contributed by atoms with Gasteiger partial charge in [-0.15, -0.1) is 0 Å². The lowest BCUT2D eigenvalue weighted by Gasteiger charge is -2.17. The van der Waals surface area contributed by atoms with Crippen LogP contribution in [0.4, 0.5) is 0 Å². The van der Waals surface area contributed by atoms with E-state index in [0.717, 1.165) is 51.7 Å². The van der Waals surface area contributed by atoms with Gasteiger partial charge in [-0.05, 0) is 44.6 Å². The van der Waals surface area contributed by atoms with Crippen LogP contribution in [0.25, 0.3) is 0 Å². The molecule has 0 spiro atoms. The number of allylic oxidation sites excluding steroid dienone is 1. The molecule has 0 fully saturated rings. The Bertz CT molecular complexity index is 187. The van der Waals surface area contributed by atoms with Crippen molar-refractivity contribution in [2.24, 2.45) is 0 Å². The zero-order chi connectivity index (χ0) is 14.2. The molecule has 0 rings (SSSR count). The Kier molecular flexibility index (Phi) is 15.0. The van der Waals surface area contributed by atoms with Crippen molar-refractivity contribution in [3.05, 3.63) is 12.3 Å². The van der Waals surface area contributed by atoms with Crippen LogP contribution in [-0.2, 0) is 18.9 Å². The normalized spacial score (nSPS) is 11.6. The molecule has 0 aromatic carbocycles. The first-order valence-corrected chi connectivity index (χ1v) is 7.33. The lowest BCUT2D eigenvalue weighted by Crippen LogP contribution is -2.18. The summed E-state index contributed by atoms with van der Waals surface area (Å²) in [7, 11) is 1.61. The largest absolute Gasteiger partial charge is 0.476 e. The number of unbranched alkanes of at least 4 members (excludes halogenated alkanes) is 2. The fourth-order valence-corrected chi connectivity index (χ4v) is 1.53. The molecule has 0 saturated heterocycles. The van der Waals surface area contributed by atoms with E-state index in [1.165, 1.54) is 0 Å². The summed E-state index contributed by atoms with van der Waals surface area (Å²) in [6.45, 7) is 6.09. The van der Waals surface area contributed by atoms with Crippen molar-refractivity contribution in [3.8, 4) is 0 Å². The van der Waals surface area contributed by atoms with Gasteiger partial charge in [0.2, 0.25) is 0 Å². The summed E-state index contributed by atoms with van der Waals surface area (Å²) in [5, 5.41) is 0. The van der Waals surface area contributed by atoms with E-state index >= 15 is 0 Å². The Morgan fingerprint density at radius 2 is 1.68 bits per heavy atom. The van der Waals surface area contributed by atoms with Gasteiger partial charge in [0.05, 0.1) is 6.26 Å². The summed E-state index contributed by atoms with van der Waals surface area (Å²) < 4.78 is 21.2. The van der Waals surface area contributed by atoms with E-state index in [0.29, 0.717) is 6.79 Å². The predicted molar refractivity (Wildman–Crippen MR) is 76.8 cm³/mol. The maximum absolute atomic E-state index is 5.67. The van der Waals surface area contributed by atoms with E-state index in [4.69, 9.17) is 18.9 Å². The molecule has 0 saturated carbocycles. The van der Waals surface area contributed by atoms with Gasteiger partial charge in [-0.25, -0.2) is 0 Å². The van der Waals surface area contributed by atoms with Crippen molar-refractivity contribution in [2.45, 2.75) is 58.7 Å². The Labute approximate surface area is 118 Å². The second-order valence-electron chi connectivity index (χ2n) is 4.40. The predicted octanol–water partition coefficient (Wildman–Crippen LogP) is 3.86. The SMILES string of the molecule is CCCOC(CCCCC=COCOC)OCCC. The fourth-order valence-electron chi connectivity index (χ4n) is 1.53. The van der Waals surface area contributed by atoms with Gasteiger partial charge in [-0.3, -0.25) is 0 Å². The zero-order valence-electron chi connectivity index (χ0n) is 12.7. The van der Waals surface area contributed by atoms with Gasteiger partial charge in [0.1, 0.15) is 0 Å². The highest BCUT2D eigenvalue weighted by Gasteiger charge is 2.07. The summed E-state index contributed by atoms with van der Waals surface area (Å²) in [5.41, 5.74) is 0. The van der Waals surface area contributed by atoms with Gasteiger partial charge in [0, 0.05) is 20.3 Å². The number of ether oxygens (including phenoxy) is 4. The summed E-state index contributed by atoms with van der Waals surface area (Å²) in [6.07, 6.45) is 9.95. The molecular weight excluding hydrogens is 244 g/mol. The molecule has 114 valence electrons. The van der Waals surface area contributed by atoms with Crippen molar-refractivity contribution in [1.29, 1.82) is 0 Å². The summed E-state index contributed by atoms with van der Waals surface area (Å²) in [5.74, 6) is 0. The monoisotopic (exact) mass is 274 g/mol. The summed E-state index contributed by atoms with van der Waals surface area (Å²) in [6, 6.07) is 0. The van der Waals surface area contributed by atoms with Gasteiger partial charge in [0.15, 0.2) is 13.1 Å². The number of hydrogen-bond acceptors (Lipinski definition) is 4. The smallest absolute Gasteiger partial charge is 0.187 e. The lowest BCUT2D eigenvalue weighted by molar-refractivity contribution is -0.146. The Hall–Kier alpha value is -0.580. The van der Waals surface area contributed by atoms with Gasteiger partial charge in [0.25, 0.3) is 0 Å². The number of methoxy groups -OCH3 is 1. The Balaban J connectivity index is 3.53. The Morgan fingerprint density at radius 1 is 1.00 bits per heavy atom. The molecule has 0 aromatic heterocycles. The first kappa shape index (κ1) is 18.4. The average Bonchev–Trinajstić information content (AvgIpc) is 2.43. The van der Waals surface area contributed by atoms with Crippen LogP contribution in [0.1, 0.15) is 52.4 Å². The van der Waals surface area contributed by atoms with Crippen LogP contribution in [-0.4, -0.2) is 33.4 Å². The van der Waals surface area contributed by atoms with Crippen LogP contribution in [0.5, 0.6) is 0 Å². The lowest BCUT2D eigenvalue weighted by atomic mass is 10.2. The first-order valence-electron chi connectivity index (χ1n) is 7.33. The van der Waals surface area contributed by atoms with E-state index < -0.39 is 0 Å². The van der Waals surface area contributed by atoms with Crippen LogP contribution in [0, 0.1) is 0 Å². The van der Waals surface area contributed by atoms with E-state index in [-0.39, 0.29) is 6.29 Å². The highest BCUT2D eigenvalue weighted by molar-refractivity contribution is 4.72. The number of hydrogen-bond donors (Lipinski definition) is 0. The van der Waals surface area contributed by atoms with E-state index in [1.807, 2.05) is 6.08 Å². The van der Waals surface area contributed by atoms with Crippen LogP contribution in [0.15, 0.2) is 12.3 Å². The molecule has 0 aromatic rings.